The van der Waals surface area contributed by atoms with Gasteiger partial charge in [0.05, 0.1) is 0 Å². The molecule has 0 saturated carbocycles. The van der Waals surface area contributed by atoms with Gasteiger partial charge in [-0.15, -0.1) is 0 Å². The highest BCUT2D eigenvalue weighted by atomic mass is 16.5. The molecule has 0 atom stereocenters. The van der Waals surface area contributed by atoms with Crippen LogP contribution in [0.2, 0.25) is 0 Å². The van der Waals surface area contributed by atoms with E-state index in [9.17, 15) is 4.79 Å². The molecular formula is C24H28N4O3. The van der Waals surface area contributed by atoms with Crippen LogP contribution in [0.25, 0.3) is 11.5 Å². The first-order valence-electron chi connectivity index (χ1n) is 10.7. The number of hydrogen-bond donors (Lipinski definition) is 2. The van der Waals surface area contributed by atoms with E-state index in [-0.39, 0.29) is 17.4 Å². The van der Waals surface area contributed by atoms with Crippen LogP contribution in [-0.2, 0) is 10.2 Å². The summed E-state index contributed by atoms with van der Waals surface area (Å²) in [7, 11) is 0. The second-order valence-electron chi connectivity index (χ2n) is 8.26. The summed E-state index contributed by atoms with van der Waals surface area (Å²) < 4.78 is 10.9. The topological polar surface area (TPSA) is 89.3 Å². The maximum Gasteiger partial charge on any atom is 0.319 e. The summed E-state index contributed by atoms with van der Waals surface area (Å²) in [5.41, 5.74) is 2.65. The molecule has 2 N–H and O–H groups in total. The van der Waals surface area contributed by atoms with Gasteiger partial charge in [-0.25, -0.2) is 4.79 Å². The molecule has 0 radical (unpaired) electrons. The highest BCUT2D eigenvalue weighted by molar-refractivity contribution is 5.89. The third-order valence-corrected chi connectivity index (χ3v) is 5.77. The third kappa shape index (κ3) is 4.94. The van der Waals surface area contributed by atoms with E-state index >= 15 is 0 Å². The quantitative estimate of drug-likeness (QED) is 0.602. The van der Waals surface area contributed by atoms with Gasteiger partial charge in [0.15, 0.2) is 5.82 Å². The summed E-state index contributed by atoms with van der Waals surface area (Å²) in [4.78, 5) is 17.0. The molecule has 7 heteroatoms. The Morgan fingerprint density at radius 1 is 1.06 bits per heavy atom. The van der Waals surface area contributed by atoms with Gasteiger partial charge in [0, 0.05) is 42.3 Å². The molecule has 1 fully saturated rings. The monoisotopic (exact) mass is 420 g/mol. The molecule has 1 aromatic heterocycles. The number of hydrogen-bond acceptors (Lipinski definition) is 5. The van der Waals surface area contributed by atoms with Crippen LogP contribution in [0.15, 0.2) is 59.1 Å². The molecule has 0 aliphatic carbocycles. The summed E-state index contributed by atoms with van der Waals surface area (Å²) in [5.74, 6) is 1.36. The Morgan fingerprint density at radius 3 is 2.42 bits per heavy atom. The molecule has 162 valence electrons. The van der Waals surface area contributed by atoms with Gasteiger partial charge in [0.1, 0.15) is 0 Å². The normalized spacial score (nSPS) is 15.6. The van der Waals surface area contributed by atoms with Gasteiger partial charge in [-0.05, 0) is 42.7 Å². The van der Waals surface area contributed by atoms with Crippen LogP contribution in [-0.4, -0.2) is 35.9 Å². The van der Waals surface area contributed by atoms with Gasteiger partial charge in [-0.3, -0.25) is 0 Å². The van der Waals surface area contributed by atoms with Crippen LogP contribution in [0.3, 0.4) is 0 Å². The van der Waals surface area contributed by atoms with E-state index in [0.29, 0.717) is 37.2 Å². The zero-order chi connectivity index (χ0) is 21.7. The number of amides is 2. The van der Waals surface area contributed by atoms with Crippen LogP contribution in [0.1, 0.15) is 44.0 Å². The number of carbonyl (C=O) groups excluding carboxylic acids is 1. The van der Waals surface area contributed by atoms with Crippen LogP contribution >= 0.6 is 0 Å². The number of nitrogens with one attached hydrogen (secondary N) is 2. The van der Waals surface area contributed by atoms with Gasteiger partial charge in [0.25, 0.3) is 5.89 Å². The minimum absolute atomic E-state index is 0.104. The van der Waals surface area contributed by atoms with Gasteiger partial charge in [0.2, 0.25) is 0 Å². The second-order valence-corrected chi connectivity index (χ2v) is 8.26. The zero-order valence-electron chi connectivity index (χ0n) is 17.9. The molecule has 1 aliphatic heterocycles. The van der Waals surface area contributed by atoms with Crippen molar-refractivity contribution in [2.24, 2.45) is 0 Å². The predicted octanol–water partition coefficient (Wildman–Crippen LogP) is 4.73. The van der Waals surface area contributed by atoms with Crippen LogP contribution in [0.4, 0.5) is 10.5 Å². The highest BCUT2D eigenvalue weighted by Gasteiger charge is 2.34. The number of aromatic nitrogens is 2. The number of benzene rings is 2. The summed E-state index contributed by atoms with van der Waals surface area (Å²) in [5, 5.41) is 9.95. The van der Waals surface area contributed by atoms with Crippen molar-refractivity contribution in [2.45, 2.75) is 38.0 Å². The molecule has 31 heavy (non-hydrogen) atoms. The lowest BCUT2D eigenvalue weighted by atomic mass is 9.74. The molecule has 0 unspecified atom stereocenters. The summed E-state index contributed by atoms with van der Waals surface area (Å²) in [6.07, 6.45) is 1.77. The largest absolute Gasteiger partial charge is 0.381 e. The summed E-state index contributed by atoms with van der Waals surface area (Å²) in [6, 6.07) is 17.5. The minimum Gasteiger partial charge on any atom is -0.381 e. The number of ether oxygens (including phenoxy) is 1. The fourth-order valence-corrected chi connectivity index (χ4v) is 3.83. The second kappa shape index (κ2) is 9.31. The molecule has 2 heterocycles. The van der Waals surface area contributed by atoms with Crippen molar-refractivity contribution in [1.82, 2.24) is 15.5 Å². The molecule has 2 aromatic carbocycles. The standard InChI is InChI=1S/C24H28N4O3/c1-17(2)21-27-22(31-28-21)18-8-10-20(11-9-18)26-23(29)25-16-24(12-14-30-15-13-24)19-6-4-3-5-7-19/h3-11,17H,12-16H2,1-2H3,(H2,25,26,29). The first kappa shape index (κ1) is 21.1. The Morgan fingerprint density at radius 2 is 1.77 bits per heavy atom. The number of nitrogens with zero attached hydrogens (tertiary/aromatic N) is 2. The van der Waals surface area contributed by atoms with E-state index in [1.807, 2.05) is 56.3 Å². The predicted molar refractivity (Wildman–Crippen MR) is 119 cm³/mol. The molecule has 3 aromatic rings. The third-order valence-electron chi connectivity index (χ3n) is 5.77. The van der Waals surface area contributed by atoms with Crippen LogP contribution < -0.4 is 10.6 Å². The average molecular weight is 421 g/mol. The lowest BCUT2D eigenvalue weighted by Crippen LogP contribution is -2.45. The Bertz CT molecular complexity index is 993. The molecule has 7 nitrogen and oxygen atoms in total. The summed E-state index contributed by atoms with van der Waals surface area (Å²) >= 11 is 0. The average Bonchev–Trinajstić information content (AvgIpc) is 3.30. The molecule has 2 amide bonds. The van der Waals surface area contributed by atoms with Crippen LogP contribution in [0.5, 0.6) is 0 Å². The lowest BCUT2D eigenvalue weighted by molar-refractivity contribution is 0.0508. The molecular weight excluding hydrogens is 392 g/mol. The number of carbonyl (C=O) groups is 1. The Labute approximate surface area is 182 Å². The molecule has 4 rings (SSSR count). The van der Waals surface area contributed by atoms with E-state index in [4.69, 9.17) is 9.26 Å². The zero-order valence-corrected chi connectivity index (χ0v) is 17.9. The SMILES string of the molecule is CC(C)c1noc(-c2ccc(NC(=O)NCC3(c4ccccc4)CCOCC3)cc2)n1. The molecule has 0 bridgehead atoms. The molecule has 1 aliphatic rings. The molecule has 1 saturated heterocycles. The van der Waals surface area contributed by atoms with Crippen molar-refractivity contribution in [2.75, 3.05) is 25.1 Å². The van der Waals surface area contributed by atoms with Gasteiger partial charge < -0.3 is 19.9 Å². The van der Waals surface area contributed by atoms with Crippen molar-refractivity contribution < 1.29 is 14.1 Å². The fraction of sp³-hybridized carbons (Fsp3) is 0.375. The minimum atomic E-state index is -0.227. The fourth-order valence-electron chi connectivity index (χ4n) is 3.83. The lowest BCUT2D eigenvalue weighted by Gasteiger charge is -2.38. The number of rotatable bonds is 6. The van der Waals surface area contributed by atoms with Crippen molar-refractivity contribution in [3.05, 3.63) is 66.0 Å². The van der Waals surface area contributed by atoms with E-state index in [1.165, 1.54) is 5.56 Å². The van der Waals surface area contributed by atoms with E-state index < -0.39 is 0 Å². The first-order valence-corrected chi connectivity index (χ1v) is 10.7. The smallest absolute Gasteiger partial charge is 0.319 e. The number of urea groups is 1. The number of anilines is 1. The van der Waals surface area contributed by atoms with Crippen LogP contribution in [0, 0.1) is 0 Å². The summed E-state index contributed by atoms with van der Waals surface area (Å²) in [6.45, 7) is 6.00. The van der Waals surface area contributed by atoms with Crippen molar-refractivity contribution in [3.63, 3.8) is 0 Å². The van der Waals surface area contributed by atoms with E-state index in [0.717, 1.165) is 18.4 Å². The Hall–Kier alpha value is -3.19. The van der Waals surface area contributed by atoms with Gasteiger partial charge >= 0.3 is 6.03 Å². The van der Waals surface area contributed by atoms with Gasteiger partial charge in [-0.2, -0.15) is 4.98 Å². The maximum atomic E-state index is 12.6. The van der Waals surface area contributed by atoms with Gasteiger partial charge in [-0.1, -0.05) is 49.3 Å². The van der Waals surface area contributed by atoms with E-state index in [1.54, 1.807) is 0 Å². The molecule has 0 spiro atoms. The Kier molecular flexibility index (Phi) is 6.32. The van der Waals surface area contributed by atoms with Crippen molar-refractivity contribution in [3.8, 4) is 11.5 Å². The van der Waals surface area contributed by atoms with Crippen molar-refractivity contribution >= 4 is 11.7 Å². The van der Waals surface area contributed by atoms with E-state index in [2.05, 4.69) is 32.9 Å². The Balaban J connectivity index is 1.38. The highest BCUT2D eigenvalue weighted by Crippen LogP contribution is 2.34. The first-order chi connectivity index (χ1) is 15.1. The van der Waals surface area contributed by atoms with Crippen molar-refractivity contribution in [1.29, 1.82) is 0 Å². The maximum absolute atomic E-state index is 12.6.